The molecule has 2 aromatic rings. The Bertz CT molecular complexity index is 724. The smallest absolute Gasteiger partial charge is 0.320 e. The third-order valence-corrected chi connectivity index (χ3v) is 4.59. The molecule has 2 N–H and O–H groups in total. The van der Waals surface area contributed by atoms with Gasteiger partial charge in [0.05, 0.1) is 5.69 Å². The van der Waals surface area contributed by atoms with Gasteiger partial charge in [0, 0.05) is 38.8 Å². The number of urea groups is 1. The first-order chi connectivity index (χ1) is 11.5. The minimum atomic E-state index is -0.192. The van der Waals surface area contributed by atoms with E-state index in [0.29, 0.717) is 12.4 Å². The van der Waals surface area contributed by atoms with Crippen LogP contribution in [0.4, 0.5) is 10.6 Å². The average molecular weight is 327 g/mol. The molecule has 1 aromatic carbocycles. The molecule has 0 saturated heterocycles. The van der Waals surface area contributed by atoms with Crippen LogP contribution in [0.3, 0.4) is 0 Å². The third-order valence-electron chi connectivity index (χ3n) is 4.59. The summed E-state index contributed by atoms with van der Waals surface area (Å²) in [7, 11) is 1.82. The molecule has 1 aromatic heterocycles. The number of aromatic nitrogens is 2. The summed E-state index contributed by atoms with van der Waals surface area (Å²) in [6.07, 6.45) is 1.07. The molecule has 6 heteroatoms. The third kappa shape index (κ3) is 3.76. The fourth-order valence-corrected chi connectivity index (χ4v) is 3.15. The van der Waals surface area contributed by atoms with E-state index in [1.54, 1.807) is 4.68 Å². The predicted octanol–water partition coefficient (Wildman–Crippen LogP) is 2.30. The first-order valence-corrected chi connectivity index (χ1v) is 8.39. The topological polar surface area (TPSA) is 62.2 Å². The van der Waals surface area contributed by atoms with E-state index in [1.807, 2.05) is 20.0 Å². The van der Waals surface area contributed by atoms with Crippen molar-refractivity contribution in [2.45, 2.75) is 32.9 Å². The Labute approximate surface area is 142 Å². The van der Waals surface area contributed by atoms with Crippen LogP contribution in [0.5, 0.6) is 0 Å². The number of nitrogens with one attached hydrogen (secondary N) is 2. The molecule has 0 spiro atoms. The fourth-order valence-electron chi connectivity index (χ4n) is 3.15. The lowest BCUT2D eigenvalue weighted by Gasteiger charge is -2.33. The normalized spacial score (nSPS) is 15.6. The molecule has 128 valence electrons. The van der Waals surface area contributed by atoms with Gasteiger partial charge in [-0.3, -0.25) is 14.9 Å². The van der Waals surface area contributed by atoms with Crippen molar-refractivity contribution in [2.75, 3.05) is 18.4 Å². The van der Waals surface area contributed by atoms with Crippen molar-refractivity contribution in [1.29, 1.82) is 0 Å². The van der Waals surface area contributed by atoms with Crippen LogP contribution in [0, 0.1) is 6.92 Å². The molecule has 0 bridgehead atoms. The first kappa shape index (κ1) is 16.5. The van der Waals surface area contributed by atoms with Crippen molar-refractivity contribution in [3.63, 3.8) is 0 Å². The standard InChI is InChI=1S/C18H25N5O/c1-13-10-17(22(3)21-13)20-18(24)19-11-14(2)23-9-8-15-6-4-5-7-16(15)12-23/h4-7,10,14H,8-9,11-12H2,1-3H3,(H2,19,20,24). The van der Waals surface area contributed by atoms with Gasteiger partial charge in [-0.15, -0.1) is 0 Å². The Morgan fingerprint density at radius 1 is 1.33 bits per heavy atom. The maximum atomic E-state index is 12.1. The van der Waals surface area contributed by atoms with E-state index in [4.69, 9.17) is 0 Å². The molecule has 0 radical (unpaired) electrons. The number of fused-ring (bicyclic) bond motifs is 1. The summed E-state index contributed by atoms with van der Waals surface area (Å²) in [6, 6.07) is 10.5. The highest BCUT2D eigenvalue weighted by Gasteiger charge is 2.20. The number of benzene rings is 1. The number of rotatable bonds is 4. The maximum absolute atomic E-state index is 12.1. The Balaban J connectivity index is 1.50. The van der Waals surface area contributed by atoms with Gasteiger partial charge in [-0.1, -0.05) is 24.3 Å². The lowest BCUT2D eigenvalue weighted by atomic mass is 9.99. The molecule has 1 aliphatic heterocycles. The number of carbonyl (C=O) groups is 1. The van der Waals surface area contributed by atoms with Gasteiger partial charge in [0.15, 0.2) is 0 Å². The Morgan fingerprint density at radius 3 is 2.79 bits per heavy atom. The molecule has 0 saturated carbocycles. The average Bonchev–Trinajstić information content (AvgIpc) is 2.89. The van der Waals surface area contributed by atoms with Gasteiger partial charge in [-0.2, -0.15) is 5.10 Å². The zero-order chi connectivity index (χ0) is 17.1. The van der Waals surface area contributed by atoms with E-state index in [2.05, 4.69) is 51.8 Å². The highest BCUT2D eigenvalue weighted by atomic mass is 16.2. The van der Waals surface area contributed by atoms with Crippen LogP contribution in [0.15, 0.2) is 30.3 Å². The lowest BCUT2D eigenvalue weighted by molar-refractivity contribution is 0.186. The molecule has 2 amide bonds. The van der Waals surface area contributed by atoms with Crippen LogP contribution in [0.2, 0.25) is 0 Å². The van der Waals surface area contributed by atoms with Crippen molar-refractivity contribution in [1.82, 2.24) is 20.0 Å². The van der Waals surface area contributed by atoms with Crippen LogP contribution in [0.25, 0.3) is 0 Å². The van der Waals surface area contributed by atoms with Crippen molar-refractivity contribution in [2.24, 2.45) is 7.05 Å². The molecule has 0 aliphatic carbocycles. The summed E-state index contributed by atoms with van der Waals surface area (Å²) < 4.78 is 1.67. The van der Waals surface area contributed by atoms with Gasteiger partial charge in [0.25, 0.3) is 0 Å². The quantitative estimate of drug-likeness (QED) is 0.906. The number of nitrogens with zero attached hydrogens (tertiary/aromatic N) is 3. The van der Waals surface area contributed by atoms with E-state index in [1.165, 1.54) is 11.1 Å². The number of hydrogen-bond acceptors (Lipinski definition) is 3. The largest absolute Gasteiger partial charge is 0.336 e. The Hall–Kier alpha value is -2.34. The Morgan fingerprint density at radius 2 is 2.08 bits per heavy atom. The molecule has 6 nitrogen and oxygen atoms in total. The second-order valence-electron chi connectivity index (χ2n) is 6.47. The molecule has 1 aliphatic rings. The summed E-state index contributed by atoms with van der Waals surface area (Å²) in [5, 5.41) is 10.0. The number of amides is 2. The SMILES string of the molecule is Cc1cc(NC(=O)NCC(C)N2CCc3ccccc3C2)n(C)n1. The van der Waals surface area contributed by atoms with Gasteiger partial charge in [0.2, 0.25) is 0 Å². The molecule has 1 atom stereocenters. The molecule has 0 fully saturated rings. The summed E-state index contributed by atoms with van der Waals surface area (Å²) in [4.78, 5) is 14.5. The van der Waals surface area contributed by atoms with E-state index in [-0.39, 0.29) is 12.1 Å². The molecular weight excluding hydrogens is 302 g/mol. The summed E-state index contributed by atoms with van der Waals surface area (Å²) in [5.74, 6) is 0.699. The van der Waals surface area contributed by atoms with Crippen molar-refractivity contribution >= 4 is 11.8 Å². The molecule has 2 heterocycles. The van der Waals surface area contributed by atoms with Gasteiger partial charge in [-0.25, -0.2) is 4.79 Å². The van der Waals surface area contributed by atoms with Crippen LogP contribution in [0.1, 0.15) is 23.7 Å². The zero-order valence-corrected chi connectivity index (χ0v) is 14.5. The summed E-state index contributed by atoms with van der Waals surface area (Å²) >= 11 is 0. The maximum Gasteiger partial charge on any atom is 0.320 e. The summed E-state index contributed by atoms with van der Waals surface area (Å²) in [5.41, 5.74) is 3.72. The number of aryl methyl sites for hydroxylation is 2. The van der Waals surface area contributed by atoms with Gasteiger partial charge < -0.3 is 5.32 Å². The molecular formula is C18H25N5O. The first-order valence-electron chi connectivity index (χ1n) is 8.39. The second-order valence-corrected chi connectivity index (χ2v) is 6.47. The fraction of sp³-hybridized carbons (Fsp3) is 0.444. The lowest BCUT2D eigenvalue weighted by Crippen LogP contribution is -2.45. The van der Waals surface area contributed by atoms with E-state index >= 15 is 0 Å². The monoisotopic (exact) mass is 327 g/mol. The van der Waals surface area contributed by atoms with Crippen LogP contribution >= 0.6 is 0 Å². The zero-order valence-electron chi connectivity index (χ0n) is 14.5. The van der Waals surface area contributed by atoms with E-state index in [0.717, 1.165) is 25.2 Å². The van der Waals surface area contributed by atoms with E-state index < -0.39 is 0 Å². The van der Waals surface area contributed by atoms with Crippen LogP contribution < -0.4 is 10.6 Å². The number of hydrogen-bond donors (Lipinski definition) is 2. The van der Waals surface area contributed by atoms with Crippen molar-refractivity contribution in [3.05, 3.63) is 47.2 Å². The van der Waals surface area contributed by atoms with Gasteiger partial charge >= 0.3 is 6.03 Å². The van der Waals surface area contributed by atoms with Crippen molar-refractivity contribution < 1.29 is 4.79 Å². The van der Waals surface area contributed by atoms with Crippen molar-refractivity contribution in [3.8, 4) is 0 Å². The van der Waals surface area contributed by atoms with Gasteiger partial charge in [-0.05, 0) is 31.4 Å². The van der Waals surface area contributed by atoms with Crippen LogP contribution in [-0.4, -0.2) is 39.8 Å². The Kier molecular flexibility index (Phi) is 4.85. The number of carbonyl (C=O) groups excluding carboxylic acids is 1. The highest BCUT2D eigenvalue weighted by Crippen LogP contribution is 2.19. The second kappa shape index (κ2) is 7.05. The number of anilines is 1. The molecule has 1 unspecified atom stereocenters. The summed E-state index contributed by atoms with van der Waals surface area (Å²) in [6.45, 7) is 6.65. The molecule has 3 rings (SSSR count). The molecule has 24 heavy (non-hydrogen) atoms. The minimum Gasteiger partial charge on any atom is -0.336 e. The van der Waals surface area contributed by atoms with Gasteiger partial charge in [0.1, 0.15) is 5.82 Å². The highest BCUT2D eigenvalue weighted by molar-refractivity contribution is 5.88. The van der Waals surface area contributed by atoms with Crippen LogP contribution in [-0.2, 0) is 20.0 Å². The van der Waals surface area contributed by atoms with E-state index in [9.17, 15) is 4.79 Å². The minimum absolute atomic E-state index is 0.192. The predicted molar refractivity (Wildman–Crippen MR) is 95.0 cm³/mol.